The summed E-state index contributed by atoms with van der Waals surface area (Å²) in [6.45, 7) is 2.51. The summed E-state index contributed by atoms with van der Waals surface area (Å²) in [7, 11) is 0. The van der Waals surface area contributed by atoms with Crippen LogP contribution in [0.15, 0.2) is 16.9 Å². The zero-order valence-corrected chi connectivity index (χ0v) is 9.27. The van der Waals surface area contributed by atoms with E-state index in [-0.39, 0.29) is 11.5 Å². The molecule has 1 aliphatic carbocycles. The quantitative estimate of drug-likeness (QED) is 0.807. The lowest BCUT2D eigenvalue weighted by Crippen LogP contribution is -2.30. The van der Waals surface area contributed by atoms with Crippen molar-refractivity contribution in [3.8, 4) is 0 Å². The van der Waals surface area contributed by atoms with Crippen molar-refractivity contribution in [2.24, 2.45) is 0 Å². The van der Waals surface area contributed by atoms with E-state index in [1.165, 1.54) is 16.8 Å². The van der Waals surface area contributed by atoms with Gasteiger partial charge in [0.1, 0.15) is 5.69 Å². The molecule has 16 heavy (non-hydrogen) atoms. The van der Waals surface area contributed by atoms with Crippen LogP contribution in [0.3, 0.4) is 0 Å². The Kier molecular flexibility index (Phi) is 3.03. The van der Waals surface area contributed by atoms with E-state index >= 15 is 0 Å². The summed E-state index contributed by atoms with van der Waals surface area (Å²) in [5.41, 5.74) is 0.157. The van der Waals surface area contributed by atoms with Gasteiger partial charge in [0.05, 0.1) is 0 Å². The van der Waals surface area contributed by atoms with E-state index < -0.39 is 0 Å². The molecule has 86 valence electrons. The molecule has 0 aromatic carbocycles. The molecule has 0 unspecified atom stereocenters. The summed E-state index contributed by atoms with van der Waals surface area (Å²) < 4.78 is 1.34. The van der Waals surface area contributed by atoms with E-state index in [1.807, 2.05) is 6.92 Å². The summed E-state index contributed by atoms with van der Waals surface area (Å²) >= 11 is 0. The van der Waals surface area contributed by atoms with Gasteiger partial charge >= 0.3 is 0 Å². The number of nitrogens with one attached hydrogen (secondary N) is 1. The molecule has 0 atom stereocenters. The Balaban J connectivity index is 2.16. The number of carbonyl (C=O) groups excluding carboxylic acids is 1. The van der Waals surface area contributed by atoms with E-state index in [0.29, 0.717) is 18.3 Å². The summed E-state index contributed by atoms with van der Waals surface area (Å²) in [4.78, 5) is 23.1. The maximum atomic E-state index is 11.7. The van der Waals surface area contributed by atoms with Gasteiger partial charge in [-0.15, -0.1) is 0 Å². The van der Waals surface area contributed by atoms with E-state index in [0.717, 1.165) is 19.3 Å². The van der Waals surface area contributed by atoms with Gasteiger partial charge in [0.15, 0.2) is 0 Å². The fourth-order valence-corrected chi connectivity index (χ4v) is 1.43. The van der Waals surface area contributed by atoms with Gasteiger partial charge in [0.25, 0.3) is 11.5 Å². The molecular weight excluding hydrogens is 206 g/mol. The molecule has 1 amide bonds. The third-order valence-corrected chi connectivity index (χ3v) is 2.45. The minimum absolute atomic E-state index is 0.162. The van der Waals surface area contributed by atoms with Gasteiger partial charge in [0.2, 0.25) is 0 Å². The first-order chi connectivity index (χ1) is 7.70. The molecule has 1 aliphatic rings. The van der Waals surface area contributed by atoms with Gasteiger partial charge in [0, 0.05) is 18.7 Å². The molecule has 5 nitrogen and oxygen atoms in total. The van der Waals surface area contributed by atoms with Gasteiger partial charge in [-0.1, -0.05) is 6.92 Å². The Labute approximate surface area is 93.5 Å². The van der Waals surface area contributed by atoms with Gasteiger partial charge in [-0.3, -0.25) is 9.59 Å². The predicted octanol–water partition coefficient (Wildman–Crippen LogP) is 0.546. The number of carbonyl (C=O) groups is 1. The Hall–Kier alpha value is -1.65. The molecule has 1 fully saturated rings. The zero-order valence-electron chi connectivity index (χ0n) is 9.27. The molecule has 0 saturated heterocycles. The van der Waals surface area contributed by atoms with Crippen LogP contribution in [0.2, 0.25) is 0 Å². The third kappa shape index (κ3) is 2.48. The van der Waals surface area contributed by atoms with Crippen molar-refractivity contribution < 1.29 is 4.79 Å². The van der Waals surface area contributed by atoms with Crippen LogP contribution in [-0.4, -0.2) is 21.7 Å². The predicted molar refractivity (Wildman–Crippen MR) is 59.3 cm³/mol. The average molecular weight is 221 g/mol. The topological polar surface area (TPSA) is 64.0 Å². The van der Waals surface area contributed by atoms with Crippen LogP contribution in [0, 0.1) is 0 Å². The van der Waals surface area contributed by atoms with Gasteiger partial charge in [-0.05, 0) is 25.3 Å². The summed E-state index contributed by atoms with van der Waals surface area (Å²) in [5.74, 6) is -0.188. The lowest BCUT2D eigenvalue weighted by Gasteiger charge is -2.05. The monoisotopic (exact) mass is 221 g/mol. The number of aromatic nitrogens is 2. The molecule has 0 bridgehead atoms. The fourth-order valence-electron chi connectivity index (χ4n) is 1.43. The van der Waals surface area contributed by atoms with Gasteiger partial charge in [-0.2, -0.15) is 5.10 Å². The Bertz CT molecular complexity index is 449. The summed E-state index contributed by atoms with van der Waals surface area (Å²) in [5, 5.41) is 6.88. The minimum atomic E-state index is -0.188. The molecule has 0 spiro atoms. The van der Waals surface area contributed by atoms with E-state index in [4.69, 9.17) is 0 Å². The number of amides is 1. The molecule has 5 heteroatoms. The highest BCUT2D eigenvalue weighted by Crippen LogP contribution is 2.18. The zero-order chi connectivity index (χ0) is 11.5. The molecule has 0 aliphatic heterocycles. The molecular formula is C11H15N3O2. The SMILES string of the molecule is CCCn1nc(C(=O)NC2CC2)ccc1=O. The van der Waals surface area contributed by atoms with Crippen molar-refractivity contribution in [2.45, 2.75) is 38.8 Å². The number of hydrogen-bond donors (Lipinski definition) is 1. The molecule has 1 aromatic rings. The van der Waals surface area contributed by atoms with Crippen LogP contribution in [0.4, 0.5) is 0 Å². The first kappa shape index (κ1) is 10.9. The van der Waals surface area contributed by atoms with E-state index in [9.17, 15) is 9.59 Å². The van der Waals surface area contributed by atoms with Crippen LogP contribution < -0.4 is 10.9 Å². The molecule has 1 saturated carbocycles. The first-order valence-corrected chi connectivity index (χ1v) is 5.59. The number of rotatable bonds is 4. The Morgan fingerprint density at radius 2 is 2.31 bits per heavy atom. The molecule has 1 aromatic heterocycles. The van der Waals surface area contributed by atoms with Crippen molar-refractivity contribution >= 4 is 5.91 Å². The van der Waals surface area contributed by atoms with Crippen LogP contribution >= 0.6 is 0 Å². The molecule has 1 heterocycles. The standard InChI is InChI=1S/C11H15N3O2/c1-2-7-14-10(15)6-5-9(13-14)11(16)12-8-3-4-8/h5-6,8H,2-4,7H2,1H3,(H,12,16). The van der Waals surface area contributed by atoms with Crippen LogP contribution in [-0.2, 0) is 6.54 Å². The smallest absolute Gasteiger partial charge is 0.271 e. The highest BCUT2D eigenvalue weighted by molar-refractivity contribution is 5.92. The van der Waals surface area contributed by atoms with Gasteiger partial charge < -0.3 is 5.32 Å². The highest BCUT2D eigenvalue weighted by atomic mass is 16.2. The normalized spacial score (nSPS) is 14.8. The van der Waals surface area contributed by atoms with Crippen molar-refractivity contribution in [2.75, 3.05) is 0 Å². The first-order valence-electron chi connectivity index (χ1n) is 5.59. The van der Waals surface area contributed by atoms with E-state index in [2.05, 4.69) is 10.4 Å². The minimum Gasteiger partial charge on any atom is -0.348 e. The fraction of sp³-hybridized carbons (Fsp3) is 0.545. The lowest BCUT2D eigenvalue weighted by atomic mass is 10.3. The Morgan fingerprint density at radius 3 is 2.94 bits per heavy atom. The maximum Gasteiger partial charge on any atom is 0.271 e. The van der Waals surface area contributed by atoms with Crippen molar-refractivity contribution in [3.63, 3.8) is 0 Å². The second-order valence-corrected chi connectivity index (χ2v) is 4.03. The van der Waals surface area contributed by atoms with Crippen molar-refractivity contribution in [3.05, 3.63) is 28.2 Å². The molecule has 2 rings (SSSR count). The number of hydrogen-bond acceptors (Lipinski definition) is 3. The molecule has 1 N–H and O–H groups in total. The third-order valence-electron chi connectivity index (χ3n) is 2.45. The molecule has 0 radical (unpaired) electrons. The van der Waals surface area contributed by atoms with Crippen LogP contribution in [0.1, 0.15) is 36.7 Å². The largest absolute Gasteiger partial charge is 0.348 e. The lowest BCUT2D eigenvalue weighted by molar-refractivity contribution is 0.0943. The van der Waals surface area contributed by atoms with Crippen molar-refractivity contribution in [1.82, 2.24) is 15.1 Å². The van der Waals surface area contributed by atoms with Crippen LogP contribution in [0.5, 0.6) is 0 Å². The highest BCUT2D eigenvalue weighted by Gasteiger charge is 2.24. The Morgan fingerprint density at radius 1 is 1.56 bits per heavy atom. The number of nitrogens with zero attached hydrogens (tertiary/aromatic N) is 2. The van der Waals surface area contributed by atoms with Crippen LogP contribution in [0.25, 0.3) is 0 Å². The number of aryl methyl sites for hydroxylation is 1. The van der Waals surface area contributed by atoms with Crippen molar-refractivity contribution in [1.29, 1.82) is 0 Å². The van der Waals surface area contributed by atoms with E-state index in [1.54, 1.807) is 0 Å². The average Bonchev–Trinajstić information content (AvgIpc) is 3.05. The maximum absolute atomic E-state index is 11.7. The second-order valence-electron chi connectivity index (χ2n) is 4.03. The van der Waals surface area contributed by atoms with Gasteiger partial charge in [-0.25, -0.2) is 4.68 Å². The summed E-state index contributed by atoms with van der Waals surface area (Å²) in [6, 6.07) is 3.18. The summed E-state index contributed by atoms with van der Waals surface area (Å²) in [6.07, 6.45) is 2.90. The second kappa shape index (κ2) is 4.47.